The maximum Gasteiger partial charge on any atom is 0.227 e. The molecule has 0 aliphatic carbocycles. The van der Waals surface area contributed by atoms with Crippen molar-refractivity contribution in [1.29, 1.82) is 0 Å². The Kier molecular flexibility index (Phi) is 6.73. The number of hydrogen-bond acceptors (Lipinski definition) is 4. The summed E-state index contributed by atoms with van der Waals surface area (Å²) in [7, 11) is 0. The van der Waals surface area contributed by atoms with Crippen LogP contribution in [-0.4, -0.2) is 41.4 Å². The monoisotopic (exact) mass is 443 g/mol. The van der Waals surface area contributed by atoms with Crippen LogP contribution < -0.4 is 10.5 Å². The van der Waals surface area contributed by atoms with Crippen LogP contribution in [0.5, 0.6) is 5.75 Å². The third-order valence-electron chi connectivity index (χ3n) is 6.36. The number of likely N-dealkylation sites (tertiary alicyclic amines) is 1. The van der Waals surface area contributed by atoms with Crippen molar-refractivity contribution in [3.63, 3.8) is 0 Å². The molecule has 2 heterocycles. The summed E-state index contributed by atoms with van der Waals surface area (Å²) in [6.45, 7) is 3.40. The van der Waals surface area contributed by atoms with Gasteiger partial charge < -0.3 is 15.4 Å². The molecular weight excluding hydrogens is 414 g/mol. The molecule has 0 bridgehead atoms. The number of nitrogens with zero attached hydrogens (tertiary/aromatic N) is 2. The molecular formula is C27H29N3O3. The lowest BCUT2D eigenvalue weighted by molar-refractivity contribution is -0.131. The van der Waals surface area contributed by atoms with Crippen molar-refractivity contribution in [3.05, 3.63) is 84.2 Å². The molecule has 1 aromatic heterocycles. The van der Waals surface area contributed by atoms with Crippen molar-refractivity contribution in [2.75, 3.05) is 19.7 Å². The molecule has 1 fully saturated rings. The molecule has 33 heavy (non-hydrogen) atoms. The fraction of sp³-hybridized carbons (Fsp3) is 0.296. The second kappa shape index (κ2) is 9.86. The number of aromatic nitrogens is 1. The van der Waals surface area contributed by atoms with Crippen LogP contribution in [0, 0.1) is 5.41 Å². The van der Waals surface area contributed by atoms with E-state index in [1.165, 1.54) is 0 Å². The fourth-order valence-electron chi connectivity index (χ4n) is 4.53. The van der Waals surface area contributed by atoms with Crippen LogP contribution in [0.1, 0.15) is 24.5 Å². The van der Waals surface area contributed by atoms with Crippen LogP contribution in [0.2, 0.25) is 0 Å². The second-order valence-electron chi connectivity index (χ2n) is 8.53. The van der Waals surface area contributed by atoms with Crippen LogP contribution in [0.3, 0.4) is 0 Å². The van der Waals surface area contributed by atoms with Gasteiger partial charge in [-0.2, -0.15) is 0 Å². The summed E-state index contributed by atoms with van der Waals surface area (Å²) in [5, 5.41) is 0. The summed E-state index contributed by atoms with van der Waals surface area (Å²) in [6.07, 6.45) is 4.85. The number of carbonyl (C=O) groups excluding carboxylic acids is 2. The highest BCUT2D eigenvalue weighted by Gasteiger charge is 2.45. The van der Waals surface area contributed by atoms with E-state index in [9.17, 15) is 9.59 Å². The molecule has 0 saturated carbocycles. The highest BCUT2D eigenvalue weighted by Crippen LogP contribution is 2.37. The van der Waals surface area contributed by atoms with Gasteiger partial charge in [-0.3, -0.25) is 14.6 Å². The Morgan fingerprint density at radius 1 is 1.06 bits per heavy atom. The standard InChI is InChI=1S/C27H29N3O3/c1-2-33-23-9-7-20(8-10-23)17-25(31)30-16-13-27(19-30,26(28)32)18-22-5-3-4-6-24(22)21-11-14-29-15-12-21/h3-12,14-15H,2,13,16-19H2,1H3,(H2,28,32)/t27-/m1/s1. The zero-order chi connectivity index (χ0) is 23.3. The normalized spacial score (nSPS) is 17.7. The Balaban J connectivity index is 1.50. The summed E-state index contributed by atoms with van der Waals surface area (Å²) in [5.41, 5.74) is 9.21. The average Bonchev–Trinajstić information content (AvgIpc) is 3.27. The highest BCUT2D eigenvalue weighted by molar-refractivity contribution is 5.85. The average molecular weight is 444 g/mol. The van der Waals surface area contributed by atoms with Gasteiger partial charge in [0.1, 0.15) is 5.75 Å². The minimum Gasteiger partial charge on any atom is -0.494 e. The number of carbonyl (C=O) groups is 2. The SMILES string of the molecule is CCOc1ccc(CC(=O)N2CC[C@](Cc3ccccc3-c3ccncc3)(C(N)=O)C2)cc1. The van der Waals surface area contributed by atoms with Gasteiger partial charge in [-0.15, -0.1) is 0 Å². The van der Waals surface area contributed by atoms with E-state index in [0.717, 1.165) is 28.0 Å². The van der Waals surface area contributed by atoms with E-state index in [4.69, 9.17) is 10.5 Å². The maximum absolute atomic E-state index is 13.0. The number of primary amides is 1. The number of hydrogen-bond donors (Lipinski definition) is 1. The number of nitrogens with two attached hydrogens (primary N) is 1. The molecule has 0 radical (unpaired) electrons. The molecule has 6 heteroatoms. The molecule has 3 aromatic rings. The number of amides is 2. The van der Waals surface area contributed by atoms with E-state index >= 15 is 0 Å². The van der Waals surface area contributed by atoms with Crippen LogP contribution >= 0.6 is 0 Å². The van der Waals surface area contributed by atoms with E-state index < -0.39 is 5.41 Å². The Labute approximate surface area is 194 Å². The van der Waals surface area contributed by atoms with Crippen LogP contribution in [0.25, 0.3) is 11.1 Å². The van der Waals surface area contributed by atoms with E-state index in [1.807, 2.05) is 67.6 Å². The van der Waals surface area contributed by atoms with Crippen molar-refractivity contribution < 1.29 is 14.3 Å². The van der Waals surface area contributed by atoms with Gasteiger partial charge in [0, 0.05) is 25.5 Å². The molecule has 1 atom stereocenters. The molecule has 2 N–H and O–H groups in total. The summed E-state index contributed by atoms with van der Waals surface area (Å²) < 4.78 is 5.47. The molecule has 6 nitrogen and oxygen atoms in total. The molecule has 170 valence electrons. The molecule has 4 rings (SSSR count). The Hall–Kier alpha value is -3.67. The first-order valence-corrected chi connectivity index (χ1v) is 11.3. The Bertz CT molecular complexity index is 1110. The van der Waals surface area contributed by atoms with Gasteiger partial charge in [0.25, 0.3) is 0 Å². The highest BCUT2D eigenvalue weighted by atomic mass is 16.5. The van der Waals surface area contributed by atoms with E-state index in [-0.39, 0.29) is 18.2 Å². The zero-order valence-electron chi connectivity index (χ0n) is 18.9. The van der Waals surface area contributed by atoms with Crippen LogP contribution in [0.15, 0.2) is 73.1 Å². The quantitative estimate of drug-likeness (QED) is 0.576. The lowest BCUT2D eigenvalue weighted by atomic mass is 9.78. The number of pyridine rings is 1. The van der Waals surface area contributed by atoms with Gasteiger partial charge in [0.15, 0.2) is 0 Å². The van der Waals surface area contributed by atoms with Crippen molar-refractivity contribution >= 4 is 11.8 Å². The van der Waals surface area contributed by atoms with Gasteiger partial charge in [0.05, 0.1) is 18.4 Å². The molecule has 2 aromatic carbocycles. The first-order valence-electron chi connectivity index (χ1n) is 11.3. The van der Waals surface area contributed by atoms with Crippen LogP contribution in [0.4, 0.5) is 0 Å². The summed E-state index contributed by atoms with van der Waals surface area (Å²) in [5.74, 6) is 0.434. The minimum absolute atomic E-state index is 0.00436. The van der Waals surface area contributed by atoms with Crippen molar-refractivity contribution in [2.45, 2.75) is 26.2 Å². The first kappa shape index (κ1) is 22.5. The smallest absolute Gasteiger partial charge is 0.227 e. The molecule has 2 amide bonds. The second-order valence-corrected chi connectivity index (χ2v) is 8.53. The molecule has 0 spiro atoms. The van der Waals surface area contributed by atoms with Gasteiger partial charge in [-0.05, 0) is 66.3 Å². The number of rotatable bonds is 8. The van der Waals surface area contributed by atoms with Crippen LogP contribution in [-0.2, 0) is 22.4 Å². The van der Waals surface area contributed by atoms with Gasteiger partial charge in [-0.1, -0.05) is 36.4 Å². The van der Waals surface area contributed by atoms with E-state index in [1.54, 1.807) is 17.3 Å². The van der Waals surface area contributed by atoms with Crippen molar-refractivity contribution in [2.24, 2.45) is 11.1 Å². The fourth-order valence-corrected chi connectivity index (χ4v) is 4.53. The van der Waals surface area contributed by atoms with Gasteiger partial charge >= 0.3 is 0 Å². The third-order valence-corrected chi connectivity index (χ3v) is 6.36. The number of benzene rings is 2. The van der Waals surface area contributed by atoms with E-state index in [2.05, 4.69) is 4.98 Å². The predicted octanol–water partition coefficient (Wildman–Crippen LogP) is 3.64. The van der Waals surface area contributed by atoms with Gasteiger partial charge in [0.2, 0.25) is 11.8 Å². The lowest BCUT2D eigenvalue weighted by Crippen LogP contribution is -2.42. The minimum atomic E-state index is -0.780. The summed E-state index contributed by atoms with van der Waals surface area (Å²) in [4.78, 5) is 31.5. The zero-order valence-corrected chi connectivity index (χ0v) is 18.9. The van der Waals surface area contributed by atoms with Gasteiger partial charge in [-0.25, -0.2) is 0 Å². The topological polar surface area (TPSA) is 85.5 Å². The Morgan fingerprint density at radius 2 is 1.79 bits per heavy atom. The largest absolute Gasteiger partial charge is 0.494 e. The predicted molar refractivity (Wildman–Crippen MR) is 128 cm³/mol. The summed E-state index contributed by atoms with van der Waals surface area (Å²) >= 11 is 0. The third kappa shape index (κ3) is 5.06. The first-order chi connectivity index (χ1) is 16.0. The molecule has 0 unspecified atom stereocenters. The van der Waals surface area contributed by atoms with E-state index in [0.29, 0.717) is 32.5 Å². The Morgan fingerprint density at radius 3 is 2.48 bits per heavy atom. The summed E-state index contributed by atoms with van der Waals surface area (Å²) in [6, 6.07) is 19.5. The van der Waals surface area contributed by atoms with Crippen molar-refractivity contribution in [1.82, 2.24) is 9.88 Å². The lowest BCUT2D eigenvalue weighted by Gasteiger charge is -2.27. The van der Waals surface area contributed by atoms with Crippen molar-refractivity contribution in [3.8, 4) is 16.9 Å². The number of ether oxygens (including phenoxy) is 1. The molecule has 1 aliphatic rings. The molecule has 1 saturated heterocycles. The maximum atomic E-state index is 13.0. The molecule has 1 aliphatic heterocycles.